The highest BCUT2D eigenvalue weighted by Gasteiger charge is 2.31. The number of fused-ring (bicyclic) bond motifs is 1. The number of carbonyl (C=O) groups is 1. The van der Waals surface area contributed by atoms with Gasteiger partial charge in [-0.1, -0.05) is 30.3 Å². The van der Waals surface area contributed by atoms with E-state index in [9.17, 15) is 4.79 Å². The van der Waals surface area contributed by atoms with Crippen molar-refractivity contribution in [3.8, 4) is 0 Å². The highest BCUT2D eigenvalue weighted by atomic mass is 16.2. The summed E-state index contributed by atoms with van der Waals surface area (Å²) in [7, 11) is 2.14. The van der Waals surface area contributed by atoms with Crippen LogP contribution in [0.15, 0.2) is 30.3 Å². The van der Waals surface area contributed by atoms with Crippen LogP contribution < -0.4 is 0 Å². The van der Waals surface area contributed by atoms with Crippen LogP contribution in [0.2, 0.25) is 0 Å². The third-order valence-electron chi connectivity index (χ3n) is 6.06. The van der Waals surface area contributed by atoms with Crippen molar-refractivity contribution in [2.45, 2.75) is 38.9 Å². The Morgan fingerprint density at radius 1 is 1.00 bits per heavy atom. The predicted molar refractivity (Wildman–Crippen MR) is 108 cm³/mol. The molecule has 1 unspecified atom stereocenters. The standard InChI is InChI=1S/C21H30N6O/c1-17(25-12-10-24(2)11-13-25)21(28)26-14-15-27-19(22-23-20(27)16-26)9-8-18-6-4-3-5-7-18/h3-7,17H,8-16H2,1-2H3. The van der Waals surface area contributed by atoms with Crippen LogP contribution in [0, 0.1) is 0 Å². The van der Waals surface area contributed by atoms with Gasteiger partial charge in [-0.15, -0.1) is 10.2 Å². The summed E-state index contributed by atoms with van der Waals surface area (Å²) in [5.74, 6) is 2.15. The Morgan fingerprint density at radius 2 is 1.75 bits per heavy atom. The smallest absolute Gasteiger partial charge is 0.240 e. The first-order valence-electron chi connectivity index (χ1n) is 10.3. The molecular formula is C21H30N6O. The summed E-state index contributed by atoms with van der Waals surface area (Å²) in [5, 5.41) is 8.79. The maximum Gasteiger partial charge on any atom is 0.240 e. The number of likely N-dealkylation sites (N-methyl/N-ethyl adjacent to an activating group) is 1. The van der Waals surface area contributed by atoms with Gasteiger partial charge in [0.25, 0.3) is 0 Å². The van der Waals surface area contributed by atoms with Crippen LogP contribution in [0.5, 0.6) is 0 Å². The van der Waals surface area contributed by atoms with E-state index >= 15 is 0 Å². The Hall–Kier alpha value is -2.25. The molecule has 3 heterocycles. The second-order valence-corrected chi connectivity index (χ2v) is 7.94. The number of aromatic nitrogens is 3. The molecule has 150 valence electrons. The molecule has 0 saturated carbocycles. The van der Waals surface area contributed by atoms with Crippen molar-refractivity contribution < 1.29 is 4.79 Å². The van der Waals surface area contributed by atoms with Crippen molar-refractivity contribution in [1.29, 1.82) is 0 Å². The van der Waals surface area contributed by atoms with E-state index < -0.39 is 0 Å². The van der Waals surface area contributed by atoms with Crippen molar-refractivity contribution in [3.05, 3.63) is 47.5 Å². The zero-order chi connectivity index (χ0) is 19.5. The molecule has 1 aromatic carbocycles. The molecule has 0 radical (unpaired) electrons. The molecule has 0 N–H and O–H groups in total. The third-order valence-corrected chi connectivity index (χ3v) is 6.06. The number of hydrogen-bond donors (Lipinski definition) is 0. The van der Waals surface area contributed by atoms with E-state index in [-0.39, 0.29) is 11.9 Å². The van der Waals surface area contributed by atoms with Crippen LogP contribution in [0.1, 0.15) is 24.1 Å². The van der Waals surface area contributed by atoms with Crippen molar-refractivity contribution in [2.24, 2.45) is 0 Å². The summed E-state index contributed by atoms with van der Waals surface area (Å²) in [6.07, 6.45) is 1.84. The second kappa shape index (κ2) is 8.41. The molecule has 2 aliphatic heterocycles. The van der Waals surface area contributed by atoms with E-state index in [4.69, 9.17) is 0 Å². The first kappa shape index (κ1) is 19.1. The number of hydrogen-bond acceptors (Lipinski definition) is 5. The molecule has 4 rings (SSSR count). The molecule has 0 spiro atoms. The van der Waals surface area contributed by atoms with Crippen LogP contribution in [0.3, 0.4) is 0 Å². The van der Waals surface area contributed by atoms with Crippen molar-refractivity contribution in [3.63, 3.8) is 0 Å². The average Bonchev–Trinajstić information content (AvgIpc) is 3.15. The molecule has 0 aliphatic carbocycles. The summed E-state index contributed by atoms with van der Waals surface area (Å²) in [4.78, 5) is 19.6. The lowest BCUT2D eigenvalue weighted by molar-refractivity contribution is -0.138. The molecule has 1 fully saturated rings. The molecule has 1 atom stereocenters. The van der Waals surface area contributed by atoms with Gasteiger partial charge in [0.05, 0.1) is 12.6 Å². The number of amides is 1. The molecule has 7 nitrogen and oxygen atoms in total. The molecule has 1 amide bonds. The number of piperazine rings is 1. The molecule has 2 aliphatic rings. The van der Waals surface area contributed by atoms with Crippen LogP contribution >= 0.6 is 0 Å². The fourth-order valence-electron chi connectivity index (χ4n) is 4.12. The summed E-state index contributed by atoms with van der Waals surface area (Å²) >= 11 is 0. The van der Waals surface area contributed by atoms with E-state index in [1.807, 2.05) is 17.9 Å². The van der Waals surface area contributed by atoms with Gasteiger partial charge in [0.15, 0.2) is 5.82 Å². The summed E-state index contributed by atoms with van der Waals surface area (Å²) < 4.78 is 2.20. The van der Waals surface area contributed by atoms with E-state index in [1.165, 1.54) is 5.56 Å². The van der Waals surface area contributed by atoms with E-state index in [1.54, 1.807) is 0 Å². The first-order valence-corrected chi connectivity index (χ1v) is 10.3. The minimum Gasteiger partial charge on any atom is -0.332 e. The predicted octanol–water partition coefficient (Wildman–Crippen LogP) is 1.04. The molecule has 28 heavy (non-hydrogen) atoms. The Kier molecular flexibility index (Phi) is 5.73. The lowest BCUT2D eigenvalue weighted by Crippen LogP contribution is -2.54. The topological polar surface area (TPSA) is 57.5 Å². The minimum absolute atomic E-state index is 0.0688. The van der Waals surface area contributed by atoms with Crippen LogP contribution in [0.4, 0.5) is 0 Å². The van der Waals surface area contributed by atoms with Crippen LogP contribution in [0.25, 0.3) is 0 Å². The Labute approximate surface area is 166 Å². The summed E-state index contributed by atoms with van der Waals surface area (Å²) in [5.41, 5.74) is 1.31. The highest BCUT2D eigenvalue weighted by Crippen LogP contribution is 2.17. The molecule has 1 saturated heterocycles. The van der Waals surface area contributed by atoms with E-state index in [0.717, 1.165) is 63.8 Å². The number of nitrogens with zero attached hydrogens (tertiary/aromatic N) is 6. The SMILES string of the molecule is CC(C(=O)N1CCn2c(CCc3ccccc3)nnc2C1)N1CCN(C)CC1. The minimum atomic E-state index is -0.0688. The van der Waals surface area contributed by atoms with Crippen molar-refractivity contribution in [2.75, 3.05) is 39.8 Å². The number of carbonyl (C=O) groups excluding carboxylic acids is 1. The molecule has 0 bridgehead atoms. The van der Waals surface area contributed by atoms with Gasteiger partial charge in [-0.3, -0.25) is 9.69 Å². The maximum absolute atomic E-state index is 13.0. The number of aryl methyl sites for hydroxylation is 2. The van der Waals surface area contributed by atoms with Gasteiger partial charge in [-0.2, -0.15) is 0 Å². The summed E-state index contributed by atoms with van der Waals surface area (Å²) in [6, 6.07) is 10.4. The fourth-order valence-corrected chi connectivity index (χ4v) is 4.12. The Morgan fingerprint density at radius 3 is 2.50 bits per heavy atom. The fraction of sp³-hybridized carbons (Fsp3) is 0.571. The van der Waals surface area contributed by atoms with E-state index in [0.29, 0.717) is 6.54 Å². The van der Waals surface area contributed by atoms with Gasteiger partial charge in [0, 0.05) is 45.7 Å². The van der Waals surface area contributed by atoms with Gasteiger partial charge in [-0.25, -0.2) is 0 Å². The number of benzene rings is 1. The van der Waals surface area contributed by atoms with Crippen LogP contribution in [-0.4, -0.2) is 81.2 Å². The lowest BCUT2D eigenvalue weighted by Gasteiger charge is -2.38. The lowest BCUT2D eigenvalue weighted by atomic mass is 10.1. The Balaban J connectivity index is 1.36. The van der Waals surface area contributed by atoms with Crippen molar-refractivity contribution in [1.82, 2.24) is 29.5 Å². The molecule has 1 aromatic heterocycles. The highest BCUT2D eigenvalue weighted by molar-refractivity contribution is 5.81. The largest absolute Gasteiger partial charge is 0.332 e. The quantitative estimate of drug-likeness (QED) is 0.773. The third kappa shape index (κ3) is 4.10. The molecular weight excluding hydrogens is 352 g/mol. The van der Waals surface area contributed by atoms with Crippen molar-refractivity contribution >= 4 is 5.91 Å². The zero-order valence-electron chi connectivity index (χ0n) is 16.9. The first-order chi connectivity index (χ1) is 13.6. The van der Waals surface area contributed by atoms with Gasteiger partial charge in [-0.05, 0) is 26.0 Å². The molecule has 2 aromatic rings. The zero-order valence-corrected chi connectivity index (χ0v) is 16.9. The van der Waals surface area contributed by atoms with E-state index in [2.05, 4.69) is 55.9 Å². The van der Waals surface area contributed by atoms with Gasteiger partial charge < -0.3 is 14.4 Å². The molecule has 7 heteroatoms. The second-order valence-electron chi connectivity index (χ2n) is 7.94. The van der Waals surface area contributed by atoms with Gasteiger partial charge >= 0.3 is 0 Å². The monoisotopic (exact) mass is 382 g/mol. The van der Waals surface area contributed by atoms with Crippen LogP contribution in [-0.2, 0) is 30.7 Å². The van der Waals surface area contributed by atoms with Gasteiger partial charge in [0.2, 0.25) is 5.91 Å². The normalized spacial score (nSPS) is 19.4. The summed E-state index contributed by atoms with van der Waals surface area (Å²) in [6.45, 7) is 8.09. The maximum atomic E-state index is 13.0. The average molecular weight is 383 g/mol. The van der Waals surface area contributed by atoms with Gasteiger partial charge in [0.1, 0.15) is 5.82 Å². The number of rotatable bonds is 5. The Bertz CT molecular complexity index is 796.